The molecule has 1 atom stereocenters. The van der Waals surface area contributed by atoms with Crippen molar-refractivity contribution in [1.82, 2.24) is 5.32 Å². The summed E-state index contributed by atoms with van der Waals surface area (Å²) in [6, 6.07) is 6.66. The van der Waals surface area contributed by atoms with Crippen molar-refractivity contribution in [3.8, 4) is 0 Å². The van der Waals surface area contributed by atoms with Crippen LogP contribution in [0.1, 0.15) is 46.6 Å². The lowest BCUT2D eigenvalue weighted by molar-refractivity contribution is 0.424. The van der Waals surface area contributed by atoms with Crippen molar-refractivity contribution in [2.75, 3.05) is 11.9 Å². The van der Waals surface area contributed by atoms with Crippen LogP contribution in [0.3, 0.4) is 0 Å². The predicted octanol–water partition coefficient (Wildman–Crippen LogP) is 4.46. The normalized spacial score (nSPS) is 13.4. The predicted molar refractivity (Wildman–Crippen MR) is 86.2 cm³/mol. The maximum Gasteiger partial charge on any atom is 0.0426 e. The average molecular weight is 283 g/mol. The quantitative estimate of drug-likeness (QED) is 0.858. The molecule has 1 aromatic rings. The number of anilines is 1. The van der Waals surface area contributed by atoms with Crippen LogP contribution in [0.25, 0.3) is 0 Å². The third kappa shape index (κ3) is 5.04. The molecule has 2 nitrogen and oxygen atoms in total. The first-order valence-corrected chi connectivity index (χ1v) is 7.38. The fraction of sp³-hybridized carbons (Fsp3) is 0.625. The van der Waals surface area contributed by atoms with Gasteiger partial charge in [-0.05, 0) is 51.8 Å². The van der Waals surface area contributed by atoms with Gasteiger partial charge in [-0.15, -0.1) is 0 Å². The molecule has 1 N–H and O–H groups in total. The Morgan fingerprint density at radius 2 is 1.95 bits per heavy atom. The molecule has 0 spiro atoms. The summed E-state index contributed by atoms with van der Waals surface area (Å²) < 4.78 is 0. The molecule has 0 aliphatic rings. The maximum atomic E-state index is 6.15. The number of nitrogens with zero attached hydrogens (tertiary/aromatic N) is 1. The van der Waals surface area contributed by atoms with Gasteiger partial charge < -0.3 is 10.2 Å². The Morgan fingerprint density at radius 3 is 2.47 bits per heavy atom. The Hall–Kier alpha value is -0.730. The molecule has 108 valence electrons. The Kier molecular flexibility index (Phi) is 5.69. The topological polar surface area (TPSA) is 15.3 Å². The Balaban J connectivity index is 2.97. The largest absolute Gasteiger partial charge is 0.372 e. The Bertz CT molecular complexity index is 410. The number of rotatable bonds is 5. The molecule has 0 heterocycles. The molecule has 1 rings (SSSR count). The van der Waals surface area contributed by atoms with Gasteiger partial charge in [-0.2, -0.15) is 0 Å². The highest BCUT2D eigenvalue weighted by Crippen LogP contribution is 2.26. The van der Waals surface area contributed by atoms with Gasteiger partial charge in [-0.25, -0.2) is 0 Å². The summed E-state index contributed by atoms with van der Waals surface area (Å²) in [6.07, 6.45) is 1.12. The van der Waals surface area contributed by atoms with E-state index in [-0.39, 0.29) is 5.54 Å². The van der Waals surface area contributed by atoms with Crippen LogP contribution in [0.2, 0.25) is 5.02 Å². The molecule has 0 fully saturated rings. The average Bonchev–Trinajstić information content (AvgIpc) is 2.34. The third-order valence-electron chi connectivity index (χ3n) is 3.49. The van der Waals surface area contributed by atoms with E-state index in [0.29, 0.717) is 6.04 Å². The monoisotopic (exact) mass is 282 g/mol. The summed E-state index contributed by atoms with van der Waals surface area (Å²) in [4.78, 5) is 2.31. The van der Waals surface area contributed by atoms with Crippen LogP contribution in [0.4, 0.5) is 5.69 Å². The highest BCUT2D eigenvalue weighted by molar-refractivity contribution is 6.30. The molecule has 0 bridgehead atoms. The van der Waals surface area contributed by atoms with Gasteiger partial charge in [-0.1, -0.05) is 24.6 Å². The summed E-state index contributed by atoms with van der Waals surface area (Å²) in [5.41, 5.74) is 2.63. The molecule has 0 saturated carbocycles. The first-order valence-electron chi connectivity index (χ1n) is 7.01. The van der Waals surface area contributed by atoms with Gasteiger partial charge in [0, 0.05) is 35.9 Å². The summed E-state index contributed by atoms with van der Waals surface area (Å²) in [6.45, 7) is 11.8. The van der Waals surface area contributed by atoms with Gasteiger partial charge in [0.15, 0.2) is 0 Å². The molecule has 19 heavy (non-hydrogen) atoms. The number of halogens is 1. The van der Waals surface area contributed by atoms with Crippen molar-refractivity contribution in [2.24, 2.45) is 0 Å². The van der Waals surface area contributed by atoms with Crippen molar-refractivity contribution < 1.29 is 0 Å². The van der Waals surface area contributed by atoms with Gasteiger partial charge in [0.2, 0.25) is 0 Å². The number of nitrogens with one attached hydrogen (secondary N) is 1. The summed E-state index contributed by atoms with van der Waals surface area (Å²) in [5.74, 6) is 0. The molecule has 0 radical (unpaired) electrons. The third-order valence-corrected chi connectivity index (χ3v) is 3.72. The van der Waals surface area contributed by atoms with E-state index in [4.69, 9.17) is 11.6 Å². The van der Waals surface area contributed by atoms with Gasteiger partial charge in [0.05, 0.1) is 0 Å². The molecule has 0 aliphatic carbocycles. The number of hydrogen-bond donors (Lipinski definition) is 1. The van der Waals surface area contributed by atoms with E-state index in [9.17, 15) is 0 Å². The Labute approximate surface area is 123 Å². The highest BCUT2D eigenvalue weighted by atomic mass is 35.5. The zero-order valence-electron chi connectivity index (χ0n) is 13.0. The van der Waals surface area contributed by atoms with Crippen molar-refractivity contribution in [2.45, 2.75) is 59.2 Å². The van der Waals surface area contributed by atoms with Gasteiger partial charge in [-0.3, -0.25) is 0 Å². The molecule has 0 amide bonds. The minimum absolute atomic E-state index is 0.117. The molecular weight excluding hydrogens is 256 g/mol. The SMILES string of the molecule is CCC(C)N(C)c1cc(Cl)ccc1CNC(C)(C)C. The molecule has 3 heteroatoms. The number of hydrogen-bond acceptors (Lipinski definition) is 2. The van der Waals surface area contributed by atoms with E-state index in [2.05, 4.69) is 64.0 Å². The fourth-order valence-corrected chi connectivity index (χ4v) is 2.05. The van der Waals surface area contributed by atoms with Crippen LogP contribution in [0.15, 0.2) is 18.2 Å². The van der Waals surface area contributed by atoms with E-state index >= 15 is 0 Å². The van der Waals surface area contributed by atoms with E-state index in [1.807, 2.05) is 6.07 Å². The van der Waals surface area contributed by atoms with Gasteiger partial charge >= 0.3 is 0 Å². The first-order chi connectivity index (χ1) is 8.74. The van der Waals surface area contributed by atoms with Crippen LogP contribution in [0, 0.1) is 0 Å². The van der Waals surface area contributed by atoms with Gasteiger partial charge in [0.1, 0.15) is 0 Å². The summed E-state index contributed by atoms with van der Waals surface area (Å²) in [5, 5.41) is 4.34. The second-order valence-corrected chi connectivity index (χ2v) is 6.68. The minimum Gasteiger partial charge on any atom is -0.372 e. The van der Waals surface area contributed by atoms with Crippen LogP contribution in [-0.4, -0.2) is 18.6 Å². The zero-order chi connectivity index (χ0) is 14.6. The highest BCUT2D eigenvalue weighted by Gasteiger charge is 2.15. The van der Waals surface area contributed by atoms with Crippen molar-refractivity contribution in [3.05, 3.63) is 28.8 Å². The van der Waals surface area contributed by atoms with Gasteiger partial charge in [0.25, 0.3) is 0 Å². The lowest BCUT2D eigenvalue weighted by Crippen LogP contribution is -2.36. The molecular formula is C16H27ClN2. The van der Waals surface area contributed by atoms with Crippen LogP contribution in [-0.2, 0) is 6.54 Å². The van der Waals surface area contributed by atoms with E-state index < -0.39 is 0 Å². The molecule has 0 aliphatic heterocycles. The van der Waals surface area contributed by atoms with Crippen LogP contribution in [0.5, 0.6) is 0 Å². The maximum absolute atomic E-state index is 6.15. The fourth-order valence-electron chi connectivity index (χ4n) is 1.89. The first kappa shape index (κ1) is 16.3. The van der Waals surface area contributed by atoms with Crippen molar-refractivity contribution >= 4 is 17.3 Å². The standard InChI is InChI=1S/C16H27ClN2/c1-7-12(2)19(6)15-10-14(17)9-8-13(15)11-18-16(3,4)5/h8-10,12,18H,7,11H2,1-6H3. The van der Waals surface area contributed by atoms with E-state index in [1.165, 1.54) is 11.3 Å². The second kappa shape index (κ2) is 6.62. The molecule has 0 saturated heterocycles. The summed E-state index contributed by atoms with van der Waals surface area (Å²) in [7, 11) is 2.14. The second-order valence-electron chi connectivity index (χ2n) is 6.24. The minimum atomic E-state index is 0.117. The smallest absolute Gasteiger partial charge is 0.0426 e. The molecule has 0 aromatic heterocycles. The van der Waals surface area contributed by atoms with Crippen molar-refractivity contribution in [1.29, 1.82) is 0 Å². The lowest BCUT2D eigenvalue weighted by atomic mass is 10.1. The number of benzene rings is 1. The Morgan fingerprint density at radius 1 is 1.32 bits per heavy atom. The zero-order valence-corrected chi connectivity index (χ0v) is 13.8. The van der Waals surface area contributed by atoms with E-state index in [1.54, 1.807) is 0 Å². The van der Waals surface area contributed by atoms with Crippen LogP contribution < -0.4 is 10.2 Å². The van der Waals surface area contributed by atoms with Crippen molar-refractivity contribution in [3.63, 3.8) is 0 Å². The summed E-state index contributed by atoms with van der Waals surface area (Å²) >= 11 is 6.15. The lowest BCUT2D eigenvalue weighted by Gasteiger charge is -2.30. The molecule has 1 unspecified atom stereocenters. The molecule has 1 aromatic carbocycles. The van der Waals surface area contributed by atoms with Crippen LogP contribution >= 0.6 is 11.6 Å². The van der Waals surface area contributed by atoms with E-state index in [0.717, 1.165) is 18.0 Å².